The van der Waals surface area contributed by atoms with Gasteiger partial charge in [-0.1, -0.05) is 140 Å². The highest BCUT2D eigenvalue weighted by molar-refractivity contribution is 6.21. The van der Waals surface area contributed by atoms with E-state index in [9.17, 15) is 14.7 Å². The maximum atomic E-state index is 13.1. The van der Waals surface area contributed by atoms with Crippen LogP contribution < -0.4 is 0 Å². The van der Waals surface area contributed by atoms with E-state index in [1.54, 1.807) is 24.3 Å². The van der Waals surface area contributed by atoms with E-state index < -0.39 is 6.29 Å². The number of aliphatic hydroxyl groups is 1. The van der Waals surface area contributed by atoms with Crippen molar-refractivity contribution in [1.29, 1.82) is 0 Å². The van der Waals surface area contributed by atoms with E-state index in [1.807, 2.05) is 72.8 Å². The fraction of sp³-hybridized carbons (Fsp3) is 0.208. The summed E-state index contributed by atoms with van der Waals surface area (Å²) in [5.74, 6) is -0.516. The zero-order valence-electron chi connectivity index (χ0n) is 30.8. The molecule has 1 N–H and O–H groups in total. The highest BCUT2D eigenvalue weighted by atomic mass is 16.7. The van der Waals surface area contributed by atoms with Crippen molar-refractivity contribution in [2.24, 2.45) is 5.92 Å². The fourth-order valence-corrected chi connectivity index (χ4v) is 7.73. The van der Waals surface area contributed by atoms with Crippen LogP contribution in [0.4, 0.5) is 0 Å². The van der Waals surface area contributed by atoms with Crippen LogP contribution in [0.1, 0.15) is 73.4 Å². The van der Waals surface area contributed by atoms with Gasteiger partial charge in [0.1, 0.15) is 0 Å². The van der Waals surface area contributed by atoms with E-state index in [0.29, 0.717) is 17.7 Å². The molecule has 1 fully saturated rings. The Morgan fingerprint density at radius 2 is 1.15 bits per heavy atom. The molecule has 2 aliphatic heterocycles. The number of carbonyl (C=O) groups is 2. The minimum Gasteiger partial charge on any atom is -0.392 e. The molecule has 0 spiro atoms. The summed E-state index contributed by atoms with van der Waals surface area (Å²) >= 11 is 0. The Labute approximate surface area is 322 Å². The third-order valence-electron chi connectivity index (χ3n) is 10.7. The molecule has 4 atom stereocenters. The molecule has 0 aliphatic carbocycles. The maximum Gasteiger partial charge on any atom is 0.261 e. The second-order valence-electron chi connectivity index (χ2n) is 14.5. The molecular weight excluding hydrogens is 685 g/mol. The Kier molecular flexibility index (Phi) is 10.8. The maximum absolute atomic E-state index is 13.1. The molecule has 6 aromatic carbocycles. The molecule has 0 unspecified atom stereocenters. The van der Waals surface area contributed by atoms with Crippen molar-refractivity contribution in [3.05, 3.63) is 202 Å². The summed E-state index contributed by atoms with van der Waals surface area (Å²) in [5.41, 5.74) is 8.96. The molecule has 8 rings (SSSR count). The van der Waals surface area contributed by atoms with E-state index in [1.165, 1.54) is 16.0 Å². The van der Waals surface area contributed by atoms with Crippen LogP contribution in [0, 0.1) is 5.92 Å². The summed E-state index contributed by atoms with van der Waals surface area (Å²) in [6, 6.07) is 52.3. The second kappa shape index (κ2) is 16.3. The third-order valence-corrected chi connectivity index (χ3v) is 10.7. The van der Waals surface area contributed by atoms with Crippen LogP contribution in [-0.4, -0.2) is 39.4 Å². The number of hydrogen-bond acceptors (Lipinski definition) is 6. The molecule has 55 heavy (non-hydrogen) atoms. The Bertz CT molecular complexity index is 2180. The summed E-state index contributed by atoms with van der Waals surface area (Å²) in [4.78, 5) is 30.0. The lowest BCUT2D eigenvalue weighted by molar-refractivity contribution is -0.276. The zero-order valence-corrected chi connectivity index (χ0v) is 30.8. The molecule has 2 aliphatic rings. The normalized spacial score (nSPS) is 19.5. The monoisotopic (exact) mass is 728 g/mol. The van der Waals surface area contributed by atoms with E-state index >= 15 is 0 Å². The molecule has 7 nitrogen and oxygen atoms in total. The number of imide groups is 1. The summed E-state index contributed by atoms with van der Waals surface area (Å²) in [6.45, 7) is 4.61. The standard InChI is InChI=1S/C48H44N2O5/c1-33-44(31-49(28-34-12-4-2-5-13-34)29-35-14-6-3-7-15-35)54-48(55-45(33)38-24-22-36(32-51)23-25-38)41-19-11-18-40(27-41)39-17-10-16-37(26-39)30-50-46(52)42-20-8-9-21-43(42)47(50)53/h2-27,33,44-45,48,51H,28-32H2,1H3/t33-,44+,45+,48+/m1/s1. The van der Waals surface area contributed by atoms with Gasteiger partial charge in [-0.25, -0.2) is 0 Å². The van der Waals surface area contributed by atoms with Crippen molar-refractivity contribution in [1.82, 2.24) is 9.80 Å². The van der Waals surface area contributed by atoms with Gasteiger partial charge in [0.15, 0.2) is 6.29 Å². The zero-order chi connectivity index (χ0) is 37.7. The first-order chi connectivity index (χ1) is 26.9. The number of ether oxygens (including phenoxy) is 2. The predicted molar refractivity (Wildman–Crippen MR) is 212 cm³/mol. The van der Waals surface area contributed by atoms with Gasteiger partial charge >= 0.3 is 0 Å². The van der Waals surface area contributed by atoms with Crippen LogP contribution in [0.25, 0.3) is 11.1 Å². The number of carbonyl (C=O) groups excluding carboxylic acids is 2. The molecule has 0 saturated carbocycles. The molecule has 6 aromatic rings. The highest BCUT2D eigenvalue weighted by Gasteiger charge is 2.39. The molecule has 0 radical (unpaired) electrons. The smallest absolute Gasteiger partial charge is 0.261 e. The van der Waals surface area contributed by atoms with Gasteiger partial charge in [0, 0.05) is 31.1 Å². The van der Waals surface area contributed by atoms with Gasteiger partial charge in [-0.3, -0.25) is 19.4 Å². The van der Waals surface area contributed by atoms with Gasteiger partial charge in [0.25, 0.3) is 11.8 Å². The first-order valence-electron chi connectivity index (χ1n) is 18.9. The van der Waals surface area contributed by atoms with Crippen LogP contribution in [0.5, 0.6) is 0 Å². The van der Waals surface area contributed by atoms with Crippen LogP contribution in [0.2, 0.25) is 0 Å². The largest absolute Gasteiger partial charge is 0.392 e. The van der Waals surface area contributed by atoms with Crippen LogP contribution in [0.3, 0.4) is 0 Å². The molecule has 0 aromatic heterocycles. The molecular formula is C48H44N2O5. The number of aliphatic hydroxyl groups excluding tert-OH is 1. The third kappa shape index (κ3) is 8.07. The Morgan fingerprint density at radius 1 is 0.582 bits per heavy atom. The van der Waals surface area contributed by atoms with Crippen molar-refractivity contribution < 1.29 is 24.2 Å². The first kappa shape index (κ1) is 36.3. The topological polar surface area (TPSA) is 79.3 Å². The van der Waals surface area contributed by atoms with E-state index in [0.717, 1.165) is 46.5 Å². The van der Waals surface area contributed by atoms with Crippen molar-refractivity contribution in [2.45, 2.75) is 51.7 Å². The Hall–Kier alpha value is -5.70. The Balaban J connectivity index is 1.07. The van der Waals surface area contributed by atoms with Gasteiger partial charge < -0.3 is 14.6 Å². The number of fused-ring (bicyclic) bond motifs is 1. The summed E-state index contributed by atoms with van der Waals surface area (Å²) in [7, 11) is 0. The summed E-state index contributed by atoms with van der Waals surface area (Å²) in [6.07, 6.45) is -1.06. The van der Waals surface area contributed by atoms with Crippen LogP contribution in [-0.2, 0) is 35.7 Å². The van der Waals surface area contributed by atoms with Crippen molar-refractivity contribution >= 4 is 11.8 Å². The fourth-order valence-electron chi connectivity index (χ4n) is 7.73. The lowest BCUT2D eigenvalue weighted by Crippen LogP contribution is -2.44. The van der Waals surface area contributed by atoms with E-state index in [-0.39, 0.29) is 43.1 Å². The molecule has 0 bridgehead atoms. The van der Waals surface area contributed by atoms with Crippen molar-refractivity contribution in [3.8, 4) is 11.1 Å². The molecule has 1 saturated heterocycles. The minimum absolute atomic E-state index is 0.0179. The number of benzene rings is 6. The van der Waals surface area contributed by atoms with Gasteiger partial charge in [0.2, 0.25) is 0 Å². The van der Waals surface area contributed by atoms with Crippen molar-refractivity contribution in [3.63, 3.8) is 0 Å². The summed E-state index contributed by atoms with van der Waals surface area (Å²) < 4.78 is 13.8. The molecule has 2 amide bonds. The SMILES string of the molecule is C[C@@H]1[C@H](CN(Cc2ccccc2)Cc2ccccc2)O[C@H](c2cccc(-c3cccc(CN4C(=O)c5ccccc5C4=O)c3)c2)O[C@@H]1c1ccc(CO)cc1. The quantitative estimate of drug-likeness (QED) is 0.127. The minimum atomic E-state index is -0.638. The number of nitrogens with zero attached hydrogens (tertiary/aromatic N) is 2. The summed E-state index contributed by atoms with van der Waals surface area (Å²) in [5, 5.41) is 9.74. The number of amides is 2. The first-order valence-corrected chi connectivity index (χ1v) is 18.9. The van der Waals surface area contributed by atoms with Gasteiger partial charge in [-0.15, -0.1) is 0 Å². The average Bonchev–Trinajstić information content (AvgIpc) is 3.47. The van der Waals surface area contributed by atoms with E-state index in [4.69, 9.17) is 9.47 Å². The van der Waals surface area contributed by atoms with Gasteiger partial charge in [0.05, 0.1) is 36.5 Å². The van der Waals surface area contributed by atoms with E-state index in [2.05, 4.69) is 72.5 Å². The number of rotatable bonds is 12. The molecule has 2 heterocycles. The molecule has 7 heteroatoms. The average molecular weight is 729 g/mol. The molecule has 276 valence electrons. The lowest BCUT2D eigenvalue weighted by atomic mass is 9.89. The highest BCUT2D eigenvalue weighted by Crippen LogP contribution is 2.43. The van der Waals surface area contributed by atoms with Crippen LogP contribution in [0.15, 0.2) is 158 Å². The lowest BCUT2D eigenvalue weighted by Gasteiger charge is -2.43. The van der Waals surface area contributed by atoms with Crippen LogP contribution >= 0.6 is 0 Å². The number of hydrogen-bond donors (Lipinski definition) is 1. The van der Waals surface area contributed by atoms with Crippen molar-refractivity contribution in [2.75, 3.05) is 6.54 Å². The second-order valence-corrected chi connectivity index (χ2v) is 14.5. The van der Waals surface area contributed by atoms with Gasteiger partial charge in [-0.05, 0) is 63.2 Å². The van der Waals surface area contributed by atoms with Gasteiger partial charge in [-0.2, -0.15) is 0 Å². The predicted octanol–water partition coefficient (Wildman–Crippen LogP) is 9.14. The Morgan fingerprint density at radius 3 is 1.76 bits per heavy atom.